The van der Waals surface area contributed by atoms with Gasteiger partial charge in [-0.15, -0.1) is 0 Å². The fourth-order valence-electron chi connectivity index (χ4n) is 2.54. The number of imidazole rings is 1. The normalized spacial score (nSPS) is 12.0. The first-order valence-electron chi connectivity index (χ1n) is 8.49. The van der Waals surface area contributed by atoms with Crippen LogP contribution in [-0.2, 0) is 11.3 Å². The minimum atomic E-state index is -0.213. The number of hydrogen-bond donors (Lipinski definition) is 1. The van der Waals surface area contributed by atoms with Crippen LogP contribution in [0.3, 0.4) is 0 Å². The summed E-state index contributed by atoms with van der Waals surface area (Å²) in [5.74, 6) is 0.0101. The number of aromatic nitrogens is 2. The highest BCUT2D eigenvalue weighted by atomic mass is 35.5. The second-order valence-electron chi connectivity index (χ2n) is 5.65. The number of carbonyl (C=O) groups excluding carboxylic acids is 1. The molecule has 0 spiro atoms. The summed E-state index contributed by atoms with van der Waals surface area (Å²) >= 11 is 7.48. The van der Waals surface area contributed by atoms with E-state index in [0.29, 0.717) is 5.03 Å². The number of amides is 1. The number of nitrogens with zero attached hydrogens (tertiary/aromatic N) is 3. The van der Waals surface area contributed by atoms with Crippen LogP contribution < -0.4 is 5.43 Å². The summed E-state index contributed by atoms with van der Waals surface area (Å²) < 4.78 is 2.09. The van der Waals surface area contributed by atoms with E-state index >= 15 is 0 Å². The third-order valence-corrected chi connectivity index (χ3v) is 4.93. The van der Waals surface area contributed by atoms with Crippen molar-refractivity contribution in [3.05, 3.63) is 65.2 Å². The van der Waals surface area contributed by atoms with E-state index in [4.69, 9.17) is 11.6 Å². The molecule has 27 heavy (non-hydrogen) atoms. The summed E-state index contributed by atoms with van der Waals surface area (Å²) in [5, 5.41) is 5.15. The Labute approximate surface area is 167 Å². The molecule has 1 amide bonds. The molecule has 0 aliphatic heterocycles. The summed E-state index contributed by atoms with van der Waals surface area (Å²) in [6.45, 7) is 2.85. The zero-order chi connectivity index (χ0) is 19.1. The molecule has 1 N–H and O–H groups in total. The molecule has 0 atom stereocenters. The van der Waals surface area contributed by atoms with Crippen molar-refractivity contribution in [1.29, 1.82) is 0 Å². The Morgan fingerprint density at radius 1 is 1.22 bits per heavy atom. The van der Waals surface area contributed by atoms with Crippen LogP contribution in [0.4, 0.5) is 0 Å². The molecule has 3 aromatic rings. The number of hydrogen-bond acceptors (Lipinski definition) is 4. The smallest absolute Gasteiger partial charge is 0.250 e. The van der Waals surface area contributed by atoms with Crippen molar-refractivity contribution in [2.75, 3.05) is 5.75 Å². The fraction of sp³-hybridized carbons (Fsp3) is 0.150. The summed E-state index contributed by atoms with van der Waals surface area (Å²) in [5.41, 5.74) is 5.45. The van der Waals surface area contributed by atoms with Gasteiger partial charge in [0.1, 0.15) is 0 Å². The highest BCUT2D eigenvalue weighted by molar-refractivity contribution is 7.99. The minimum Gasteiger partial charge on any atom is -0.319 e. The number of benzene rings is 2. The van der Waals surface area contributed by atoms with Gasteiger partial charge in [0.15, 0.2) is 5.16 Å². The second-order valence-corrected chi connectivity index (χ2v) is 7.03. The number of aryl methyl sites for hydroxylation is 1. The first-order valence-corrected chi connectivity index (χ1v) is 9.86. The molecule has 138 valence electrons. The van der Waals surface area contributed by atoms with Gasteiger partial charge in [0.05, 0.1) is 28.0 Å². The Balaban J connectivity index is 1.55. The van der Waals surface area contributed by atoms with Gasteiger partial charge in [-0.3, -0.25) is 4.79 Å². The van der Waals surface area contributed by atoms with Crippen LogP contribution in [0.1, 0.15) is 12.5 Å². The van der Waals surface area contributed by atoms with Gasteiger partial charge in [-0.25, -0.2) is 10.4 Å². The first-order chi connectivity index (χ1) is 13.2. The fourth-order valence-corrected chi connectivity index (χ4v) is 3.59. The maximum Gasteiger partial charge on any atom is 0.250 e. The maximum absolute atomic E-state index is 12.0. The van der Waals surface area contributed by atoms with Crippen molar-refractivity contribution in [2.45, 2.75) is 18.6 Å². The lowest BCUT2D eigenvalue weighted by Gasteiger charge is -2.04. The van der Waals surface area contributed by atoms with Gasteiger partial charge < -0.3 is 4.57 Å². The Hall–Kier alpha value is -2.57. The van der Waals surface area contributed by atoms with Crippen molar-refractivity contribution in [3.8, 4) is 0 Å². The van der Waals surface area contributed by atoms with Crippen molar-refractivity contribution >= 4 is 52.6 Å². The van der Waals surface area contributed by atoms with Gasteiger partial charge in [0.2, 0.25) is 0 Å². The molecule has 0 unspecified atom stereocenters. The number of allylic oxidation sites excluding steroid dienone is 1. The topological polar surface area (TPSA) is 59.3 Å². The van der Waals surface area contributed by atoms with E-state index in [0.717, 1.165) is 28.3 Å². The van der Waals surface area contributed by atoms with E-state index < -0.39 is 0 Å². The number of carbonyl (C=O) groups is 1. The summed E-state index contributed by atoms with van der Waals surface area (Å²) in [6.07, 6.45) is 3.19. The molecule has 1 aromatic heterocycles. The zero-order valence-electron chi connectivity index (χ0n) is 14.8. The molecule has 0 saturated heterocycles. The highest BCUT2D eigenvalue weighted by Gasteiger charge is 2.11. The third-order valence-electron chi connectivity index (χ3n) is 3.75. The molecule has 0 saturated carbocycles. The molecule has 5 nitrogen and oxygen atoms in total. The lowest BCUT2D eigenvalue weighted by atomic mass is 10.2. The predicted molar refractivity (Wildman–Crippen MR) is 113 cm³/mol. The molecule has 1 heterocycles. The van der Waals surface area contributed by atoms with Crippen molar-refractivity contribution in [1.82, 2.24) is 15.0 Å². The molecular weight excluding hydrogens is 380 g/mol. The Kier molecular flexibility index (Phi) is 6.68. The van der Waals surface area contributed by atoms with Gasteiger partial charge in [-0.05, 0) is 30.7 Å². The Bertz CT molecular complexity index is 982. The van der Waals surface area contributed by atoms with Crippen LogP contribution in [0.25, 0.3) is 17.1 Å². The van der Waals surface area contributed by atoms with Crippen molar-refractivity contribution in [3.63, 3.8) is 0 Å². The highest BCUT2D eigenvalue weighted by Crippen LogP contribution is 2.23. The van der Waals surface area contributed by atoms with E-state index in [9.17, 15) is 4.79 Å². The van der Waals surface area contributed by atoms with Gasteiger partial charge in [0.25, 0.3) is 5.91 Å². The van der Waals surface area contributed by atoms with Crippen LogP contribution in [-0.4, -0.2) is 27.4 Å². The largest absolute Gasteiger partial charge is 0.319 e. The number of hydrazone groups is 1. The van der Waals surface area contributed by atoms with Crippen LogP contribution in [0.5, 0.6) is 0 Å². The molecule has 0 radical (unpaired) electrons. The van der Waals surface area contributed by atoms with Gasteiger partial charge in [-0.2, -0.15) is 5.10 Å². The molecule has 0 bridgehead atoms. The molecule has 7 heteroatoms. The lowest BCUT2D eigenvalue weighted by Crippen LogP contribution is -2.19. The minimum absolute atomic E-state index is 0.213. The molecule has 0 aliphatic carbocycles. The lowest BCUT2D eigenvalue weighted by molar-refractivity contribution is -0.118. The molecule has 2 aromatic carbocycles. The molecular formula is C20H19ClN4OS. The monoisotopic (exact) mass is 398 g/mol. The standard InChI is InChI=1S/C20H19ClN4OS/c1-2-25-18-11-7-6-10-17(18)23-20(25)27-14-19(26)24-22-13-16(21)12-15-8-4-3-5-9-15/h3-13H,2,14H2,1H3,(H,24,26). The maximum atomic E-state index is 12.0. The van der Waals surface area contributed by atoms with Crippen LogP contribution in [0, 0.1) is 0 Å². The van der Waals surface area contributed by atoms with E-state index in [1.165, 1.54) is 18.0 Å². The van der Waals surface area contributed by atoms with Gasteiger partial charge >= 0.3 is 0 Å². The van der Waals surface area contributed by atoms with E-state index in [1.807, 2.05) is 54.6 Å². The van der Waals surface area contributed by atoms with Gasteiger partial charge in [0, 0.05) is 6.54 Å². The first kappa shape index (κ1) is 19.2. The molecule has 3 rings (SSSR count). The summed E-state index contributed by atoms with van der Waals surface area (Å²) in [6, 6.07) is 17.6. The van der Waals surface area contributed by atoms with E-state index in [1.54, 1.807) is 6.08 Å². The Morgan fingerprint density at radius 2 is 1.96 bits per heavy atom. The van der Waals surface area contributed by atoms with Crippen LogP contribution in [0.15, 0.2) is 69.9 Å². The number of rotatable bonds is 7. The second kappa shape index (κ2) is 9.39. The number of para-hydroxylation sites is 2. The summed E-state index contributed by atoms with van der Waals surface area (Å²) in [4.78, 5) is 16.6. The molecule has 0 fully saturated rings. The van der Waals surface area contributed by atoms with Crippen molar-refractivity contribution in [2.24, 2.45) is 5.10 Å². The third kappa shape index (κ3) is 5.21. The van der Waals surface area contributed by atoms with Crippen LogP contribution >= 0.6 is 23.4 Å². The SMILES string of the molecule is CCn1c(SCC(=O)NN=CC(Cl)=Cc2ccccc2)nc2ccccc21. The number of thioether (sulfide) groups is 1. The van der Waals surface area contributed by atoms with E-state index in [2.05, 4.69) is 27.0 Å². The zero-order valence-corrected chi connectivity index (χ0v) is 16.4. The average molecular weight is 399 g/mol. The summed E-state index contributed by atoms with van der Waals surface area (Å²) in [7, 11) is 0. The van der Waals surface area contributed by atoms with E-state index in [-0.39, 0.29) is 11.7 Å². The number of fused-ring (bicyclic) bond motifs is 1. The quantitative estimate of drug-likeness (QED) is 0.361. The predicted octanol–water partition coefficient (Wildman–Crippen LogP) is 4.53. The Morgan fingerprint density at radius 3 is 2.74 bits per heavy atom. The number of nitrogens with one attached hydrogen (secondary N) is 1. The van der Waals surface area contributed by atoms with Crippen LogP contribution in [0.2, 0.25) is 0 Å². The molecule has 0 aliphatic rings. The average Bonchev–Trinajstić information content (AvgIpc) is 3.04. The number of halogens is 1. The van der Waals surface area contributed by atoms with Gasteiger partial charge in [-0.1, -0.05) is 65.8 Å². The van der Waals surface area contributed by atoms with Crippen molar-refractivity contribution < 1.29 is 4.79 Å².